The van der Waals surface area contributed by atoms with Gasteiger partial charge in [0.05, 0.1) is 11.1 Å². The Hall–Kier alpha value is -2.60. The van der Waals surface area contributed by atoms with Gasteiger partial charge >= 0.3 is 19.1 Å². The summed E-state index contributed by atoms with van der Waals surface area (Å²) in [6.45, 7) is 0.525. The number of carbonyl (C=O) groups excluding carboxylic acids is 2. The number of hydrogen-bond donors (Lipinski definition) is 0. The minimum atomic E-state index is -1.15. The quantitative estimate of drug-likeness (QED) is 0.625. The van der Waals surface area contributed by atoms with Crippen LogP contribution in [0.4, 0.5) is 0 Å². The van der Waals surface area contributed by atoms with Crippen molar-refractivity contribution >= 4 is 19.1 Å². The van der Waals surface area contributed by atoms with Crippen LogP contribution in [0.5, 0.6) is 0 Å². The number of rotatable bonds is 5. The molecule has 1 aliphatic rings. The summed E-state index contributed by atoms with van der Waals surface area (Å²) in [4.78, 5) is 24.5. The normalized spacial score (nSPS) is 14.2. The lowest BCUT2D eigenvalue weighted by atomic mass is 9.78. The van der Waals surface area contributed by atoms with Crippen LogP contribution in [0.3, 0.4) is 0 Å². The van der Waals surface area contributed by atoms with Crippen molar-refractivity contribution in [3.05, 3.63) is 77.8 Å². The summed E-state index contributed by atoms with van der Waals surface area (Å²) in [5.74, 6) is -1.13. The second-order valence-electron chi connectivity index (χ2n) is 5.29. The molecule has 0 unspecified atom stereocenters. The third-order valence-electron chi connectivity index (χ3n) is 3.56. The van der Waals surface area contributed by atoms with Gasteiger partial charge in [0, 0.05) is 6.61 Å². The van der Waals surface area contributed by atoms with Crippen molar-refractivity contribution in [3.8, 4) is 0 Å². The SMILES string of the molecule is O=C(OB(OC(=O)c1ccccc1)[C-]1CCCO1)c1ccccc1. The smallest absolute Gasteiger partial charge is 0.442 e. The van der Waals surface area contributed by atoms with E-state index in [1.54, 1.807) is 60.7 Å². The van der Waals surface area contributed by atoms with Gasteiger partial charge in [-0.2, -0.15) is 6.42 Å². The maximum absolute atomic E-state index is 12.2. The van der Waals surface area contributed by atoms with Gasteiger partial charge in [-0.25, -0.2) is 9.59 Å². The molecule has 6 heteroatoms. The molecule has 24 heavy (non-hydrogen) atoms. The largest absolute Gasteiger partial charge is 0.547 e. The molecule has 0 bridgehead atoms. The molecule has 0 aromatic heterocycles. The Kier molecular flexibility index (Phi) is 5.28. The van der Waals surface area contributed by atoms with Crippen molar-refractivity contribution in [1.29, 1.82) is 0 Å². The van der Waals surface area contributed by atoms with Crippen molar-refractivity contribution < 1.29 is 23.6 Å². The third kappa shape index (κ3) is 4.03. The highest BCUT2D eigenvalue weighted by Gasteiger charge is 2.28. The van der Waals surface area contributed by atoms with Gasteiger partial charge < -0.3 is 14.0 Å². The summed E-state index contributed by atoms with van der Waals surface area (Å²) < 4.78 is 16.2. The number of benzene rings is 2. The summed E-state index contributed by atoms with van der Waals surface area (Å²) in [6.07, 6.45) is 1.40. The Morgan fingerprint density at radius 3 is 1.79 bits per heavy atom. The van der Waals surface area contributed by atoms with E-state index in [1.807, 2.05) is 0 Å². The second-order valence-corrected chi connectivity index (χ2v) is 5.29. The minimum absolute atomic E-state index is 0.386. The Morgan fingerprint density at radius 2 is 1.38 bits per heavy atom. The fourth-order valence-electron chi connectivity index (χ4n) is 2.34. The molecule has 0 aliphatic carbocycles. The molecule has 0 atom stereocenters. The highest BCUT2D eigenvalue weighted by molar-refractivity contribution is 6.55. The van der Waals surface area contributed by atoms with Gasteiger partial charge in [-0.05, 0) is 24.3 Å². The summed E-state index contributed by atoms with van der Waals surface area (Å²) in [7, 11) is -1.15. The third-order valence-corrected chi connectivity index (χ3v) is 3.56. The molecular formula is C18H16BO5-. The Balaban J connectivity index is 1.72. The van der Waals surface area contributed by atoms with Gasteiger partial charge in [0.1, 0.15) is 0 Å². The molecule has 1 aliphatic heterocycles. The van der Waals surface area contributed by atoms with E-state index in [0.717, 1.165) is 6.42 Å². The van der Waals surface area contributed by atoms with Crippen LogP contribution < -0.4 is 0 Å². The van der Waals surface area contributed by atoms with Gasteiger partial charge in [0.2, 0.25) is 0 Å². The molecule has 0 radical (unpaired) electrons. The van der Waals surface area contributed by atoms with Gasteiger partial charge in [-0.15, -0.1) is 6.00 Å². The summed E-state index contributed by atoms with van der Waals surface area (Å²) >= 11 is 0. The van der Waals surface area contributed by atoms with Gasteiger partial charge in [0.25, 0.3) is 0 Å². The van der Waals surface area contributed by atoms with E-state index in [9.17, 15) is 9.59 Å². The summed E-state index contributed by atoms with van der Waals surface area (Å²) in [6, 6.07) is 17.6. The monoisotopic (exact) mass is 323 g/mol. The maximum atomic E-state index is 12.2. The maximum Gasteiger partial charge on any atom is 0.442 e. The van der Waals surface area contributed by atoms with Gasteiger partial charge in [-0.1, -0.05) is 42.8 Å². The Bertz CT molecular complexity index is 630. The molecule has 1 heterocycles. The first-order valence-electron chi connectivity index (χ1n) is 7.74. The zero-order valence-electron chi connectivity index (χ0n) is 13.0. The Labute approximate surface area is 140 Å². The van der Waals surface area contributed by atoms with Crippen LogP contribution in [0.15, 0.2) is 60.7 Å². The number of ether oxygens (including phenoxy) is 1. The highest BCUT2D eigenvalue weighted by Crippen LogP contribution is 2.25. The van der Waals surface area contributed by atoms with E-state index in [2.05, 4.69) is 0 Å². The molecule has 2 aromatic carbocycles. The van der Waals surface area contributed by atoms with Gasteiger partial charge in [-0.3, -0.25) is 0 Å². The topological polar surface area (TPSA) is 61.8 Å². The zero-order chi connectivity index (χ0) is 16.8. The lowest BCUT2D eigenvalue weighted by Gasteiger charge is -2.29. The standard InChI is InChI=1S/C18H16BO5/c20-17(14-8-3-1-4-9-14)23-19(16-12-7-13-22-16)24-18(21)15-10-5-2-6-11-15/h1-6,8-11H,7,12-13H2/q-1. The molecule has 122 valence electrons. The molecule has 0 N–H and O–H groups in total. The lowest BCUT2D eigenvalue weighted by molar-refractivity contribution is 0.0570. The van der Waals surface area contributed by atoms with E-state index in [0.29, 0.717) is 30.2 Å². The highest BCUT2D eigenvalue weighted by atomic mass is 16.7. The Morgan fingerprint density at radius 1 is 0.875 bits per heavy atom. The van der Waals surface area contributed by atoms with Crippen molar-refractivity contribution in [2.24, 2.45) is 0 Å². The summed E-state index contributed by atoms with van der Waals surface area (Å²) in [5.41, 5.74) is 0.772. The molecule has 1 saturated heterocycles. The van der Waals surface area contributed by atoms with Crippen LogP contribution in [-0.4, -0.2) is 25.7 Å². The predicted octanol–water partition coefficient (Wildman–Crippen LogP) is 3.07. The van der Waals surface area contributed by atoms with E-state index in [4.69, 9.17) is 14.0 Å². The van der Waals surface area contributed by atoms with E-state index < -0.39 is 19.1 Å². The van der Waals surface area contributed by atoms with Crippen LogP contribution in [0, 0.1) is 6.00 Å². The first-order chi connectivity index (χ1) is 11.7. The molecule has 0 spiro atoms. The van der Waals surface area contributed by atoms with Crippen LogP contribution >= 0.6 is 0 Å². The first-order valence-corrected chi connectivity index (χ1v) is 7.74. The van der Waals surface area contributed by atoms with Crippen molar-refractivity contribution in [2.45, 2.75) is 12.8 Å². The molecule has 3 rings (SSSR count). The number of carbonyl (C=O) groups is 2. The second kappa shape index (κ2) is 7.79. The fraction of sp³-hybridized carbons (Fsp3) is 0.167. The van der Waals surface area contributed by atoms with E-state index in [1.165, 1.54) is 0 Å². The molecule has 0 amide bonds. The van der Waals surface area contributed by atoms with Crippen molar-refractivity contribution in [2.75, 3.05) is 6.61 Å². The summed E-state index contributed by atoms with van der Waals surface area (Å²) in [5, 5.41) is 0. The first kappa shape index (κ1) is 16.3. The van der Waals surface area contributed by atoms with E-state index in [-0.39, 0.29) is 0 Å². The van der Waals surface area contributed by atoms with Crippen LogP contribution in [0.2, 0.25) is 0 Å². The number of hydrogen-bond acceptors (Lipinski definition) is 5. The molecule has 5 nitrogen and oxygen atoms in total. The van der Waals surface area contributed by atoms with Crippen molar-refractivity contribution in [3.63, 3.8) is 0 Å². The van der Waals surface area contributed by atoms with Crippen molar-refractivity contribution in [1.82, 2.24) is 0 Å². The van der Waals surface area contributed by atoms with Crippen LogP contribution in [-0.2, 0) is 14.0 Å². The van der Waals surface area contributed by atoms with E-state index >= 15 is 0 Å². The molecular weight excluding hydrogens is 307 g/mol. The minimum Gasteiger partial charge on any atom is -0.547 e. The molecule has 2 aromatic rings. The average Bonchev–Trinajstić information content (AvgIpc) is 3.17. The predicted molar refractivity (Wildman–Crippen MR) is 87.9 cm³/mol. The lowest BCUT2D eigenvalue weighted by Crippen LogP contribution is -2.35. The fourth-order valence-corrected chi connectivity index (χ4v) is 2.34. The van der Waals surface area contributed by atoms with Crippen LogP contribution in [0.25, 0.3) is 0 Å². The van der Waals surface area contributed by atoms with Crippen LogP contribution in [0.1, 0.15) is 33.6 Å². The zero-order valence-corrected chi connectivity index (χ0v) is 13.0. The van der Waals surface area contributed by atoms with Gasteiger partial charge in [0.15, 0.2) is 0 Å². The molecule has 0 saturated carbocycles. The average molecular weight is 323 g/mol. The molecule has 1 fully saturated rings.